The van der Waals surface area contributed by atoms with Gasteiger partial charge in [0.05, 0.1) is 11.1 Å². The van der Waals surface area contributed by atoms with Gasteiger partial charge in [-0.3, -0.25) is 4.72 Å². The van der Waals surface area contributed by atoms with E-state index in [-0.39, 0.29) is 0 Å². The molecule has 1 aromatic heterocycles. The van der Waals surface area contributed by atoms with E-state index in [2.05, 4.69) is 30.8 Å². The smallest absolute Gasteiger partial charge is 0.255 e. The Bertz CT molecular complexity index is 1030. The van der Waals surface area contributed by atoms with Gasteiger partial charge in [0, 0.05) is 16.4 Å². The molecule has 3 aromatic rings. The first-order valence-electron chi connectivity index (χ1n) is 7.50. The number of hydrogen-bond donors (Lipinski definition) is 1. The van der Waals surface area contributed by atoms with Crippen LogP contribution in [0.5, 0.6) is 0 Å². The van der Waals surface area contributed by atoms with Crippen molar-refractivity contribution in [2.45, 2.75) is 10.1 Å². The highest BCUT2D eigenvalue weighted by Crippen LogP contribution is 2.34. The molecule has 2 aromatic carbocycles. The molecule has 0 fully saturated rings. The van der Waals surface area contributed by atoms with E-state index in [0.29, 0.717) is 10.8 Å². The number of hydrogen-bond acceptors (Lipinski definition) is 5. The number of nitrogens with one attached hydrogen (secondary N) is 1. The van der Waals surface area contributed by atoms with Gasteiger partial charge in [-0.05, 0) is 41.6 Å². The van der Waals surface area contributed by atoms with Crippen LogP contribution in [-0.2, 0) is 17.1 Å². The molecule has 26 heavy (non-hydrogen) atoms. The fourth-order valence-corrected chi connectivity index (χ4v) is 4.19. The van der Waals surface area contributed by atoms with Crippen molar-refractivity contribution >= 4 is 49.5 Å². The number of aromatic nitrogens is 3. The first-order chi connectivity index (χ1) is 12.4. The van der Waals surface area contributed by atoms with Crippen molar-refractivity contribution in [2.24, 2.45) is 7.05 Å². The minimum atomic E-state index is -3.67. The number of rotatable bonds is 6. The van der Waals surface area contributed by atoms with E-state index in [1.807, 2.05) is 49.5 Å². The van der Waals surface area contributed by atoms with Crippen LogP contribution >= 0.6 is 27.7 Å². The van der Waals surface area contributed by atoms with Crippen molar-refractivity contribution in [1.82, 2.24) is 14.8 Å². The first-order valence-corrected chi connectivity index (χ1v) is 10.7. The molecule has 0 saturated heterocycles. The Morgan fingerprint density at radius 1 is 1.19 bits per heavy atom. The van der Waals surface area contributed by atoms with Crippen LogP contribution in [0.25, 0.3) is 6.08 Å². The highest BCUT2D eigenvalue weighted by Gasteiger charge is 2.13. The lowest BCUT2D eigenvalue weighted by Crippen LogP contribution is -2.09. The quantitative estimate of drug-likeness (QED) is 0.610. The standard InChI is InChI=1S/C17H15BrN4O2S2/c1-22-12-19-20-17(22)25-16-8-7-14(18)11-15(16)21-26(23,24)10-9-13-5-3-2-4-6-13/h2-12,21H,1H3/b10-9+. The minimum Gasteiger partial charge on any atom is -0.311 e. The van der Waals surface area contributed by atoms with Crippen molar-refractivity contribution in [2.75, 3.05) is 4.72 Å². The van der Waals surface area contributed by atoms with Crippen LogP contribution in [0.4, 0.5) is 5.69 Å². The number of nitrogens with zero attached hydrogens (tertiary/aromatic N) is 3. The van der Waals surface area contributed by atoms with Crippen molar-refractivity contribution in [1.29, 1.82) is 0 Å². The Hall–Kier alpha value is -2.10. The molecule has 1 heterocycles. The zero-order chi connectivity index (χ0) is 18.6. The fourth-order valence-electron chi connectivity index (χ4n) is 2.05. The summed E-state index contributed by atoms with van der Waals surface area (Å²) in [6.07, 6.45) is 3.14. The molecular weight excluding hydrogens is 436 g/mol. The van der Waals surface area contributed by atoms with E-state index >= 15 is 0 Å². The van der Waals surface area contributed by atoms with Crippen molar-refractivity contribution in [3.63, 3.8) is 0 Å². The molecular formula is C17H15BrN4O2S2. The van der Waals surface area contributed by atoms with Crippen LogP contribution in [0.15, 0.2) is 74.8 Å². The molecule has 0 saturated carbocycles. The Morgan fingerprint density at radius 2 is 1.96 bits per heavy atom. The highest BCUT2D eigenvalue weighted by atomic mass is 79.9. The topological polar surface area (TPSA) is 76.9 Å². The fraction of sp³-hybridized carbons (Fsp3) is 0.0588. The Kier molecular flexibility index (Phi) is 5.80. The number of benzene rings is 2. The molecule has 0 unspecified atom stereocenters. The highest BCUT2D eigenvalue weighted by molar-refractivity contribution is 9.10. The maximum atomic E-state index is 12.5. The second-order valence-electron chi connectivity index (χ2n) is 5.33. The van der Waals surface area contributed by atoms with Crippen LogP contribution in [0.3, 0.4) is 0 Å². The van der Waals surface area contributed by atoms with Crippen molar-refractivity contribution in [3.8, 4) is 0 Å². The summed E-state index contributed by atoms with van der Waals surface area (Å²) in [5.74, 6) is 0. The van der Waals surface area contributed by atoms with Gasteiger partial charge in [-0.2, -0.15) is 0 Å². The summed E-state index contributed by atoms with van der Waals surface area (Å²) in [6.45, 7) is 0. The molecule has 0 amide bonds. The Labute approximate surface area is 164 Å². The molecule has 6 nitrogen and oxygen atoms in total. The lowest BCUT2D eigenvalue weighted by molar-refractivity contribution is 0.609. The van der Waals surface area contributed by atoms with E-state index in [9.17, 15) is 8.42 Å². The molecule has 0 atom stereocenters. The minimum absolute atomic E-state index is 0.463. The number of anilines is 1. The molecule has 0 bridgehead atoms. The molecule has 0 aliphatic rings. The second kappa shape index (κ2) is 8.07. The van der Waals surface area contributed by atoms with Gasteiger partial charge in [-0.1, -0.05) is 46.3 Å². The third-order valence-corrected chi connectivity index (χ3v) is 5.92. The molecule has 134 valence electrons. The second-order valence-corrected chi connectivity index (χ2v) is 8.82. The van der Waals surface area contributed by atoms with Gasteiger partial charge in [0.1, 0.15) is 6.33 Å². The number of sulfonamides is 1. The SMILES string of the molecule is Cn1cnnc1Sc1ccc(Br)cc1NS(=O)(=O)/C=C/c1ccccc1. The summed E-state index contributed by atoms with van der Waals surface area (Å²) in [5.41, 5.74) is 1.27. The summed E-state index contributed by atoms with van der Waals surface area (Å²) >= 11 is 4.71. The Morgan fingerprint density at radius 3 is 2.65 bits per heavy atom. The van der Waals surface area contributed by atoms with Crippen LogP contribution in [0, 0.1) is 0 Å². The van der Waals surface area contributed by atoms with E-state index < -0.39 is 10.0 Å². The van der Waals surface area contributed by atoms with E-state index in [0.717, 1.165) is 20.3 Å². The van der Waals surface area contributed by atoms with Gasteiger partial charge in [-0.15, -0.1) is 10.2 Å². The average molecular weight is 451 g/mol. The van der Waals surface area contributed by atoms with Crippen LogP contribution in [-0.4, -0.2) is 23.2 Å². The van der Waals surface area contributed by atoms with Gasteiger partial charge in [0.25, 0.3) is 10.0 Å². The maximum Gasteiger partial charge on any atom is 0.255 e. The monoisotopic (exact) mass is 450 g/mol. The predicted molar refractivity (Wildman–Crippen MR) is 107 cm³/mol. The summed E-state index contributed by atoms with van der Waals surface area (Å²) < 4.78 is 30.0. The third kappa shape index (κ3) is 4.96. The summed E-state index contributed by atoms with van der Waals surface area (Å²) in [4.78, 5) is 0.723. The Balaban J connectivity index is 1.85. The third-order valence-electron chi connectivity index (χ3n) is 3.30. The zero-order valence-electron chi connectivity index (χ0n) is 13.7. The number of halogens is 1. The van der Waals surface area contributed by atoms with E-state index in [4.69, 9.17) is 0 Å². The van der Waals surface area contributed by atoms with Gasteiger partial charge < -0.3 is 4.57 Å². The summed E-state index contributed by atoms with van der Waals surface area (Å²) in [6, 6.07) is 14.6. The van der Waals surface area contributed by atoms with E-state index in [1.165, 1.54) is 11.8 Å². The molecule has 0 aliphatic carbocycles. The van der Waals surface area contributed by atoms with Gasteiger partial charge in [0.15, 0.2) is 5.16 Å². The van der Waals surface area contributed by atoms with Crippen molar-refractivity contribution in [3.05, 3.63) is 70.3 Å². The van der Waals surface area contributed by atoms with Crippen molar-refractivity contribution < 1.29 is 8.42 Å². The van der Waals surface area contributed by atoms with Gasteiger partial charge in [0.2, 0.25) is 0 Å². The average Bonchev–Trinajstić information content (AvgIpc) is 3.01. The van der Waals surface area contributed by atoms with Crippen LogP contribution in [0.2, 0.25) is 0 Å². The predicted octanol–water partition coefficient (Wildman–Crippen LogP) is 4.14. The molecule has 0 spiro atoms. The largest absolute Gasteiger partial charge is 0.311 e. The summed E-state index contributed by atoms with van der Waals surface area (Å²) in [7, 11) is -1.84. The normalized spacial score (nSPS) is 11.8. The van der Waals surface area contributed by atoms with Crippen LogP contribution in [0.1, 0.15) is 5.56 Å². The van der Waals surface area contributed by atoms with Gasteiger partial charge >= 0.3 is 0 Å². The van der Waals surface area contributed by atoms with E-state index in [1.54, 1.807) is 23.0 Å². The molecule has 0 aliphatic heterocycles. The maximum absolute atomic E-state index is 12.5. The molecule has 1 N–H and O–H groups in total. The lowest BCUT2D eigenvalue weighted by Gasteiger charge is -2.11. The first kappa shape index (κ1) is 18.7. The van der Waals surface area contributed by atoms with Crippen LogP contribution < -0.4 is 4.72 Å². The summed E-state index contributed by atoms with van der Waals surface area (Å²) in [5, 5.41) is 9.67. The lowest BCUT2D eigenvalue weighted by atomic mass is 10.2. The zero-order valence-corrected chi connectivity index (χ0v) is 16.9. The molecule has 3 rings (SSSR count). The number of aryl methyl sites for hydroxylation is 1. The van der Waals surface area contributed by atoms with Gasteiger partial charge in [-0.25, -0.2) is 8.42 Å². The molecule has 0 radical (unpaired) electrons. The molecule has 9 heteroatoms.